The lowest BCUT2D eigenvalue weighted by Gasteiger charge is -2.29. The van der Waals surface area contributed by atoms with E-state index in [9.17, 15) is 9.59 Å². The van der Waals surface area contributed by atoms with Gasteiger partial charge in [-0.05, 0) is 112 Å². The minimum absolute atomic E-state index is 0.0217. The van der Waals surface area contributed by atoms with Crippen molar-refractivity contribution in [2.24, 2.45) is 11.1 Å². The highest BCUT2D eigenvalue weighted by molar-refractivity contribution is 5.90. The Kier molecular flexibility index (Phi) is 7.48. The van der Waals surface area contributed by atoms with E-state index >= 15 is 0 Å². The summed E-state index contributed by atoms with van der Waals surface area (Å²) in [5.74, 6) is 1.53. The van der Waals surface area contributed by atoms with E-state index in [2.05, 4.69) is 77.6 Å². The van der Waals surface area contributed by atoms with E-state index in [0.29, 0.717) is 6.42 Å². The topological polar surface area (TPSA) is 142 Å². The molecule has 280 valence electrons. The van der Waals surface area contributed by atoms with Crippen molar-refractivity contribution >= 4 is 23.0 Å². The summed E-state index contributed by atoms with van der Waals surface area (Å²) in [7, 11) is 0. The van der Waals surface area contributed by atoms with Crippen LogP contribution in [-0.2, 0) is 9.47 Å². The van der Waals surface area contributed by atoms with E-state index in [0.717, 1.165) is 75.3 Å². The van der Waals surface area contributed by atoms with Crippen LogP contribution in [0.1, 0.15) is 97.9 Å². The summed E-state index contributed by atoms with van der Waals surface area (Å²) in [4.78, 5) is 46.5. The molecular formula is C43H49N7O4. The highest BCUT2D eigenvalue weighted by Gasteiger charge is 2.66. The summed E-state index contributed by atoms with van der Waals surface area (Å²) >= 11 is 0. The quantitative estimate of drug-likeness (QED) is 0.164. The van der Waals surface area contributed by atoms with Gasteiger partial charge in [0, 0.05) is 17.1 Å². The lowest BCUT2D eigenvalue weighted by Crippen LogP contribution is -2.39. The number of nitrogens with zero attached hydrogens (tertiary/aromatic N) is 4. The number of benzene rings is 3. The molecule has 0 bridgehead atoms. The van der Waals surface area contributed by atoms with Crippen LogP contribution in [0.2, 0.25) is 0 Å². The van der Waals surface area contributed by atoms with Crippen LogP contribution in [0.5, 0.6) is 0 Å². The molecule has 2 saturated carbocycles. The molecule has 54 heavy (non-hydrogen) atoms. The van der Waals surface area contributed by atoms with Gasteiger partial charge in [-0.2, -0.15) is 0 Å². The van der Waals surface area contributed by atoms with E-state index in [1.165, 1.54) is 0 Å². The standard InChI is InChI=1S/C43H49N7O4/c1-40(2,3)53-38(51)49-32(18-42(7)20-34(42)49)36-46-23-31(48-36)29-15-14-27-16-26(12-13-28(27)17-29)24-8-10-25(11-9-24)30-22-45-37(47-30)33-19-43(44)21-35(43)50(33)39(52)54-41(4,5)6/h8-17,22-23,32-35H,18-21,44H2,1-7H3,(H,45,47)(H,46,48)/t32-,33-,34+,35+,42-,43+/m0/s1. The summed E-state index contributed by atoms with van der Waals surface area (Å²) in [6, 6.07) is 21.2. The molecule has 2 amide bonds. The number of hydrogen-bond donors (Lipinski definition) is 3. The highest BCUT2D eigenvalue weighted by atomic mass is 16.6. The number of likely N-dealkylation sites (tertiary alicyclic amines) is 2. The number of carbonyl (C=O) groups excluding carboxylic acids is 2. The molecule has 11 nitrogen and oxygen atoms in total. The minimum atomic E-state index is -0.589. The van der Waals surface area contributed by atoms with Gasteiger partial charge in [0.05, 0.1) is 41.9 Å². The number of fused-ring (bicyclic) bond motifs is 3. The molecule has 0 radical (unpaired) electrons. The Morgan fingerprint density at radius 1 is 0.667 bits per heavy atom. The zero-order valence-corrected chi connectivity index (χ0v) is 32.1. The SMILES string of the molecule is CC(C)(C)OC(=O)N1[C@H](c2ncc(-c3ccc4cc(-c5ccc(-c6cnc([C@@H]7C[C@@]8(N)C[C@H]8N7C(=O)OC(C)(C)C)[nH]6)cc5)ccc4c3)[nH]2)C[C@@]2(C)C[C@@H]12. The maximum atomic E-state index is 13.2. The van der Waals surface area contributed by atoms with Crippen molar-refractivity contribution in [1.82, 2.24) is 29.7 Å². The summed E-state index contributed by atoms with van der Waals surface area (Å²) in [6.45, 7) is 13.6. The molecule has 6 atom stereocenters. The summed E-state index contributed by atoms with van der Waals surface area (Å²) in [5.41, 5.74) is 11.3. The second-order valence-corrected chi connectivity index (χ2v) is 18.3. The van der Waals surface area contributed by atoms with E-state index in [-0.39, 0.29) is 47.3 Å². The van der Waals surface area contributed by atoms with Gasteiger partial charge in [0.25, 0.3) is 0 Å². The monoisotopic (exact) mass is 727 g/mol. The lowest BCUT2D eigenvalue weighted by molar-refractivity contribution is 0.0164. The fraction of sp³-hybridized carbons (Fsp3) is 0.442. The van der Waals surface area contributed by atoms with Crippen molar-refractivity contribution in [2.75, 3.05) is 0 Å². The van der Waals surface area contributed by atoms with Crippen LogP contribution in [0, 0.1) is 5.41 Å². The Bertz CT molecular complexity index is 2300. The third-order valence-electron chi connectivity index (χ3n) is 11.7. The Balaban J connectivity index is 0.898. The van der Waals surface area contributed by atoms with Gasteiger partial charge in [-0.25, -0.2) is 19.6 Å². The third-order valence-corrected chi connectivity index (χ3v) is 11.7. The first kappa shape index (κ1) is 34.6. The predicted molar refractivity (Wildman–Crippen MR) is 207 cm³/mol. The average molecular weight is 728 g/mol. The molecule has 4 N–H and O–H groups in total. The first-order valence-corrected chi connectivity index (χ1v) is 19.0. The van der Waals surface area contributed by atoms with Crippen molar-refractivity contribution in [3.05, 3.63) is 84.7 Å². The highest BCUT2D eigenvalue weighted by Crippen LogP contribution is 2.63. The zero-order valence-electron chi connectivity index (χ0n) is 32.1. The van der Waals surface area contributed by atoms with Crippen LogP contribution in [0.4, 0.5) is 9.59 Å². The second kappa shape index (κ2) is 11.7. The number of aromatic nitrogens is 4. The molecule has 9 rings (SSSR count). The number of nitrogens with one attached hydrogen (secondary N) is 2. The summed E-state index contributed by atoms with van der Waals surface area (Å²) < 4.78 is 11.5. The molecule has 2 aliphatic heterocycles. The Morgan fingerprint density at radius 2 is 1.15 bits per heavy atom. The molecule has 11 heteroatoms. The number of ether oxygens (including phenoxy) is 2. The first-order valence-electron chi connectivity index (χ1n) is 19.0. The number of carbonyl (C=O) groups is 2. The van der Waals surface area contributed by atoms with Gasteiger partial charge in [0.1, 0.15) is 22.9 Å². The molecule has 4 aliphatic rings. The largest absolute Gasteiger partial charge is 0.444 e. The van der Waals surface area contributed by atoms with Crippen molar-refractivity contribution in [1.29, 1.82) is 0 Å². The molecule has 3 aromatic carbocycles. The van der Waals surface area contributed by atoms with Gasteiger partial charge in [0.2, 0.25) is 0 Å². The van der Waals surface area contributed by atoms with Crippen LogP contribution in [0.3, 0.4) is 0 Å². The number of imidazole rings is 2. The number of piperidine rings is 2. The van der Waals surface area contributed by atoms with Gasteiger partial charge < -0.3 is 25.2 Å². The molecule has 0 unspecified atom stereocenters. The molecule has 2 aliphatic carbocycles. The van der Waals surface area contributed by atoms with Crippen LogP contribution in [-0.4, -0.2) is 70.7 Å². The lowest BCUT2D eigenvalue weighted by atomic mass is 9.98. The molecule has 2 aromatic heterocycles. The van der Waals surface area contributed by atoms with E-state index in [1.807, 2.05) is 58.8 Å². The predicted octanol–water partition coefficient (Wildman–Crippen LogP) is 8.90. The molecular weight excluding hydrogens is 679 g/mol. The van der Waals surface area contributed by atoms with Crippen LogP contribution >= 0.6 is 0 Å². The number of hydrogen-bond acceptors (Lipinski definition) is 7. The van der Waals surface area contributed by atoms with Gasteiger partial charge in [0.15, 0.2) is 0 Å². The first-order chi connectivity index (χ1) is 25.5. The van der Waals surface area contributed by atoms with Gasteiger partial charge in [-0.15, -0.1) is 0 Å². The maximum Gasteiger partial charge on any atom is 0.411 e. The number of rotatable bonds is 5. The number of H-pyrrole nitrogens is 2. The smallest absolute Gasteiger partial charge is 0.411 e. The van der Waals surface area contributed by atoms with Gasteiger partial charge in [-0.3, -0.25) is 9.80 Å². The fourth-order valence-electron chi connectivity index (χ4n) is 8.70. The van der Waals surface area contributed by atoms with E-state index in [4.69, 9.17) is 25.2 Å². The van der Waals surface area contributed by atoms with E-state index in [1.54, 1.807) is 4.90 Å². The van der Waals surface area contributed by atoms with E-state index < -0.39 is 11.2 Å². The Hall–Kier alpha value is -5.16. The minimum Gasteiger partial charge on any atom is -0.444 e. The van der Waals surface area contributed by atoms with Crippen LogP contribution < -0.4 is 5.73 Å². The van der Waals surface area contributed by atoms with Crippen molar-refractivity contribution in [2.45, 2.75) is 115 Å². The normalized spacial score (nSPS) is 27.2. The average Bonchev–Trinajstić information content (AvgIpc) is 3.57. The van der Waals surface area contributed by atoms with Crippen LogP contribution in [0.15, 0.2) is 73.1 Å². The second-order valence-electron chi connectivity index (χ2n) is 18.3. The molecule has 4 heterocycles. The van der Waals surface area contributed by atoms with Crippen molar-refractivity contribution in [3.63, 3.8) is 0 Å². The number of nitrogens with two attached hydrogens (primary N) is 1. The molecule has 4 fully saturated rings. The molecule has 5 aromatic rings. The Labute approximate surface area is 315 Å². The van der Waals surface area contributed by atoms with Crippen LogP contribution in [0.25, 0.3) is 44.4 Å². The third kappa shape index (κ3) is 6.12. The zero-order chi connectivity index (χ0) is 37.9. The molecule has 0 spiro atoms. The van der Waals surface area contributed by atoms with Gasteiger partial charge in [-0.1, -0.05) is 55.5 Å². The van der Waals surface area contributed by atoms with Crippen molar-refractivity contribution < 1.29 is 19.1 Å². The number of aromatic amines is 2. The van der Waals surface area contributed by atoms with Gasteiger partial charge >= 0.3 is 12.2 Å². The summed E-state index contributed by atoms with van der Waals surface area (Å²) in [5, 5.41) is 2.27. The summed E-state index contributed by atoms with van der Waals surface area (Å²) in [6.07, 6.45) is 6.42. The fourth-order valence-corrected chi connectivity index (χ4v) is 8.70. The number of amides is 2. The molecule has 2 saturated heterocycles. The van der Waals surface area contributed by atoms with Crippen molar-refractivity contribution in [3.8, 4) is 33.6 Å². The maximum absolute atomic E-state index is 13.2. The Morgan fingerprint density at radius 3 is 1.74 bits per heavy atom.